The maximum absolute atomic E-state index is 8.16. The summed E-state index contributed by atoms with van der Waals surface area (Å²) in [5.74, 6) is 0. The number of benzene rings is 1. The summed E-state index contributed by atoms with van der Waals surface area (Å²) in [6.07, 6.45) is 1.30. The van der Waals surface area contributed by atoms with Crippen LogP contribution < -0.4 is 5.73 Å². The summed E-state index contributed by atoms with van der Waals surface area (Å²) in [6.45, 7) is 0. The van der Waals surface area contributed by atoms with Crippen LogP contribution in [-0.2, 0) is 0 Å². The molecule has 0 spiro atoms. The van der Waals surface area contributed by atoms with Crippen molar-refractivity contribution in [2.75, 3.05) is 5.73 Å². The Bertz CT molecular complexity index is 245. The number of nitrogen functional groups attached to an aromatic ring is 1. The van der Waals surface area contributed by atoms with Gasteiger partial charge in [-0.3, -0.25) is 0 Å². The first kappa shape index (κ1) is 6.61. The van der Waals surface area contributed by atoms with Crippen molar-refractivity contribution in [2.24, 2.45) is 5.16 Å². The fourth-order valence-corrected chi connectivity index (χ4v) is 0.691. The number of para-hydroxylation sites is 1. The summed E-state index contributed by atoms with van der Waals surface area (Å²) in [5.41, 5.74) is 6.84. The van der Waals surface area contributed by atoms with Crippen LogP contribution in [0.5, 0.6) is 0 Å². The molecule has 0 heterocycles. The first-order valence-electron chi connectivity index (χ1n) is 2.86. The highest BCUT2D eigenvalue weighted by molar-refractivity contribution is 5.86. The van der Waals surface area contributed by atoms with E-state index in [1.165, 1.54) is 6.21 Å². The van der Waals surface area contributed by atoms with E-state index in [0.29, 0.717) is 5.69 Å². The first-order valence-corrected chi connectivity index (χ1v) is 2.86. The number of hydrogen-bond donors (Lipinski definition) is 2. The lowest BCUT2D eigenvalue weighted by molar-refractivity contribution is 0.322. The predicted molar refractivity (Wildman–Crippen MR) is 40.2 cm³/mol. The molecular formula is C7H8N2O. The van der Waals surface area contributed by atoms with Gasteiger partial charge in [0.05, 0.1) is 6.21 Å². The molecule has 3 heteroatoms. The zero-order valence-corrected chi connectivity index (χ0v) is 5.36. The largest absolute Gasteiger partial charge is 0.411 e. The minimum absolute atomic E-state index is 0.611. The Kier molecular flexibility index (Phi) is 1.89. The summed E-state index contributed by atoms with van der Waals surface area (Å²) < 4.78 is 0. The molecule has 1 rings (SSSR count). The van der Waals surface area contributed by atoms with Gasteiger partial charge in [-0.1, -0.05) is 23.4 Å². The Hall–Kier alpha value is -1.51. The minimum atomic E-state index is 0.611. The number of anilines is 1. The molecule has 0 radical (unpaired) electrons. The lowest BCUT2D eigenvalue weighted by atomic mass is 10.2. The van der Waals surface area contributed by atoms with Gasteiger partial charge in [0.2, 0.25) is 0 Å². The third-order valence-corrected chi connectivity index (χ3v) is 1.19. The zero-order chi connectivity index (χ0) is 7.40. The lowest BCUT2D eigenvalue weighted by Crippen LogP contribution is -1.91. The highest BCUT2D eigenvalue weighted by Crippen LogP contribution is 2.06. The molecular weight excluding hydrogens is 128 g/mol. The van der Waals surface area contributed by atoms with Crippen LogP contribution in [0.4, 0.5) is 5.69 Å². The summed E-state index contributed by atoms with van der Waals surface area (Å²) in [5, 5.41) is 11.0. The van der Waals surface area contributed by atoms with Gasteiger partial charge in [0.25, 0.3) is 0 Å². The van der Waals surface area contributed by atoms with Crippen molar-refractivity contribution in [1.29, 1.82) is 0 Å². The molecule has 1 aromatic rings. The second-order valence-electron chi connectivity index (χ2n) is 1.87. The van der Waals surface area contributed by atoms with E-state index in [1.54, 1.807) is 12.1 Å². The highest BCUT2D eigenvalue weighted by Gasteiger charge is 1.90. The van der Waals surface area contributed by atoms with E-state index in [1.807, 2.05) is 12.1 Å². The van der Waals surface area contributed by atoms with Gasteiger partial charge in [-0.05, 0) is 6.07 Å². The van der Waals surface area contributed by atoms with E-state index in [9.17, 15) is 0 Å². The van der Waals surface area contributed by atoms with Crippen LogP contribution in [0.25, 0.3) is 0 Å². The van der Waals surface area contributed by atoms with E-state index in [2.05, 4.69) is 5.16 Å². The quantitative estimate of drug-likeness (QED) is 0.262. The van der Waals surface area contributed by atoms with Gasteiger partial charge in [-0.2, -0.15) is 0 Å². The summed E-state index contributed by atoms with van der Waals surface area (Å²) >= 11 is 0. The second kappa shape index (κ2) is 2.87. The fourth-order valence-electron chi connectivity index (χ4n) is 0.691. The smallest absolute Gasteiger partial charge is 0.0754 e. The Morgan fingerprint density at radius 1 is 1.40 bits per heavy atom. The Balaban J connectivity index is 3.03. The molecule has 0 bridgehead atoms. The number of nitrogens with two attached hydrogens (primary N) is 1. The highest BCUT2D eigenvalue weighted by atomic mass is 16.4. The average Bonchev–Trinajstić information content (AvgIpc) is 1.94. The molecule has 0 aliphatic heterocycles. The van der Waals surface area contributed by atoms with Gasteiger partial charge in [-0.15, -0.1) is 0 Å². The lowest BCUT2D eigenvalue weighted by Gasteiger charge is -1.94. The molecule has 0 atom stereocenters. The molecule has 3 nitrogen and oxygen atoms in total. The molecule has 0 aliphatic carbocycles. The minimum Gasteiger partial charge on any atom is -0.411 e. The maximum atomic E-state index is 8.16. The summed E-state index contributed by atoms with van der Waals surface area (Å²) in [6, 6.07) is 7.17. The Morgan fingerprint density at radius 2 is 2.10 bits per heavy atom. The predicted octanol–water partition coefficient (Wildman–Crippen LogP) is 1.08. The number of rotatable bonds is 1. The zero-order valence-electron chi connectivity index (χ0n) is 5.36. The normalized spacial score (nSPS) is 10.4. The fraction of sp³-hybridized carbons (Fsp3) is 0. The van der Waals surface area contributed by atoms with Crippen LogP contribution in [0.3, 0.4) is 0 Å². The maximum Gasteiger partial charge on any atom is 0.0754 e. The van der Waals surface area contributed by atoms with Crippen molar-refractivity contribution in [3.8, 4) is 0 Å². The average molecular weight is 136 g/mol. The van der Waals surface area contributed by atoms with Gasteiger partial charge in [0, 0.05) is 11.3 Å². The van der Waals surface area contributed by atoms with Crippen molar-refractivity contribution < 1.29 is 5.21 Å². The molecule has 0 aliphatic rings. The molecule has 0 saturated carbocycles. The molecule has 0 unspecified atom stereocenters. The van der Waals surface area contributed by atoms with Crippen LogP contribution in [0, 0.1) is 0 Å². The first-order chi connectivity index (χ1) is 4.84. The molecule has 10 heavy (non-hydrogen) atoms. The van der Waals surface area contributed by atoms with Gasteiger partial charge in [0.15, 0.2) is 0 Å². The molecule has 0 fully saturated rings. The van der Waals surface area contributed by atoms with Crippen LogP contribution in [-0.4, -0.2) is 11.4 Å². The molecule has 0 saturated heterocycles. The summed E-state index contributed by atoms with van der Waals surface area (Å²) in [7, 11) is 0. The number of hydrogen-bond acceptors (Lipinski definition) is 3. The van der Waals surface area contributed by atoms with Crippen molar-refractivity contribution in [3.05, 3.63) is 29.8 Å². The molecule has 1 aromatic carbocycles. The Morgan fingerprint density at radius 3 is 2.70 bits per heavy atom. The summed E-state index contributed by atoms with van der Waals surface area (Å²) in [4.78, 5) is 0. The standard InChI is InChI=1S/C7H8N2O/c8-7-4-2-1-3-6(7)5-9-10/h1-5,10H,8H2/b9-5-. The van der Waals surface area contributed by atoms with E-state index in [-0.39, 0.29) is 0 Å². The van der Waals surface area contributed by atoms with Crippen LogP contribution in [0.15, 0.2) is 29.4 Å². The molecule has 0 amide bonds. The van der Waals surface area contributed by atoms with E-state index >= 15 is 0 Å². The molecule has 3 N–H and O–H groups in total. The Labute approximate surface area is 58.8 Å². The third-order valence-electron chi connectivity index (χ3n) is 1.19. The SMILES string of the molecule is Nc1ccccc1/C=N\O. The molecule has 52 valence electrons. The van der Waals surface area contributed by atoms with Crippen LogP contribution >= 0.6 is 0 Å². The molecule has 0 aromatic heterocycles. The van der Waals surface area contributed by atoms with Crippen LogP contribution in [0.1, 0.15) is 5.56 Å². The second-order valence-corrected chi connectivity index (χ2v) is 1.87. The van der Waals surface area contributed by atoms with E-state index in [4.69, 9.17) is 10.9 Å². The van der Waals surface area contributed by atoms with E-state index in [0.717, 1.165) is 5.56 Å². The van der Waals surface area contributed by atoms with Crippen molar-refractivity contribution in [1.82, 2.24) is 0 Å². The number of oxime groups is 1. The van der Waals surface area contributed by atoms with Crippen molar-refractivity contribution in [3.63, 3.8) is 0 Å². The monoisotopic (exact) mass is 136 g/mol. The number of nitrogens with zero attached hydrogens (tertiary/aromatic N) is 1. The van der Waals surface area contributed by atoms with Crippen molar-refractivity contribution >= 4 is 11.9 Å². The van der Waals surface area contributed by atoms with Gasteiger partial charge in [0.1, 0.15) is 0 Å². The van der Waals surface area contributed by atoms with Crippen LogP contribution in [0.2, 0.25) is 0 Å². The van der Waals surface area contributed by atoms with Gasteiger partial charge in [-0.25, -0.2) is 0 Å². The van der Waals surface area contributed by atoms with Gasteiger partial charge < -0.3 is 10.9 Å². The van der Waals surface area contributed by atoms with Gasteiger partial charge >= 0.3 is 0 Å². The van der Waals surface area contributed by atoms with Crippen molar-refractivity contribution in [2.45, 2.75) is 0 Å². The topological polar surface area (TPSA) is 58.6 Å². The third kappa shape index (κ3) is 1.25. The van der Waals surface area contributed by atoms with E-state index < -0.39 is 0 Å².